The molecule has 4 heteroatoms. The summed E-state index contributed by atoms with van der Waals surface area (Å²) in [5.74, 6) is 0.235. The van der Waals surface area contributed by atoms with Crippen LogP contribution < -0.4 is 10.2 Å². The van der Waals surface area contributed by atoms with Crippen LogP contribution in [0.25, 0.3) is 0 Å². The van der Waals surface area contributed by atoms with Crippen LogP contribution in [0.4, 0.5) is 5.69 Å². The van der Waals surface area contributed by atoms with Gasteiger partial charge in [-0.25, -0.2) is 0 Å². The van der Waals surface area contributed by atoms with Gasteiger partial charge in [-0.3, -0.25) is 4.79 Å². The Kier molecular flexibility index (Phi) is 6.35. The van der Waals surface area contributed by atoms with Crippen molar-refractivity contribution in [3.63, 3.8) is 0 Å². The monoisotopic (exact) mass is 343 g/mol. The molecule has 1 N–H and O–H groups in total. The Labute approximate surface area is 152 Å². The Morgan fingerprint density at radius 2 is 2.00 bits per heavy atom. The van der Waals surface area contributed by atoms with Crippen molar-refractivity contribution in [1.82, 2.24) is 10.2 Å². The zero-order valence-electron chi connectivity index (χ0n) is 15.9. The summed E-state index contributed by atoms with van der Waals surface area (Å²) in [5.41, 5.74) is 4.35. The van der Waals surface area contributed by atoms with Crippen molar-refractivity contribution in [2.24, 2.45) is 0 Å². The van der Waals surface area contributed by atoms with Crippen LogP contribution in [0.2, 0.25) is 0 Å². The van der Waals surface area contributed by atoms with Crippen LogP contribution in [0, 0.1) is 0 Å². The highest BCUT2D eigenvalue weighted by Crippen LogP contribution is 2.31. The number of piperazine rings is 1. The van der Waals surface area contributed by atoms with Gasteiger partial charge in [-0.1, -0.05) is 31.9 Å². The zero-order chi connectivity index (χ0) is 17.6. The van der Waals surface area contributed by atoms with Gasteiger partial charge < -0.3 is 15.1 Å². The highest BCUT2D eigenvalue weighted by Gasteiger charge is 2.25. The maximum Gasteiger partial charge on any atom is 0.220 e. The number of carbonyl (C=O) groups excluding carboxylic acids is 1. The molecule has 2 aliphatic rings. The summed E-state index contributed by atoms with van der Waals surface area (Å²) >= 11 is 0. The van der Waals surface area contributed by atoms with Crippen LogP contribution in [0.3, 0.4) is 0 Å². The number of nitrogens with zero attached hydrogens (tertiary/aromatic N) is 2. The molecule has 1 aromatic rings. The lowest BCUT2D eigenvalue weighted by Crippen LogP contribution is -2.45. The summed E-state index contributed by atoms with van der Waals surface area (Å²) < 4.78 is 0. The third-order valence-corrected chi connectivity index (χ3v) is 5.68. The topological polar surface area (TPSA) is 35.6 Å². The Morgan fingerprint density at radius 1 is 1.20 bits per heavy atom. The van der Waals surface area contributed by atoms with E-state index >= 15 is 0 Å². The molecular formula is C21H33N3O. The summed E-state index contributed by atoms with van der Waals surface area (Å²) in [4.78, 5) is 17.1. The molecule has 1 amide bonds. The highest BCUT2D eigenvalue weighted by molar-refractivity contribution is 5.76. The van der Waals surface area contributed by atoms with Crippen LogP contribution in [0.15, 0.2) is 18.2 Å². The van der Waals surface area contributed by atoms with E-state index in [0.717, 1.165) is 58.3 Å². The smallest absolute Gasteiger partial charge is 0.220 e. The SMILES string of the molecule is CCCCCC(=O)NC1CCc2cccc(N3CCN(C)CC3)c2C1. The van der Waals surface area contributed by atoms with Gasteiger partial charge in [0, 0.05) is 44.3 Å². The average Bonchev–Trinajstić information content (AvgIpc) is 2.62. The second kappa shape index (κ2) is 8.70. The maximum absolute atomic E-state index is 12.2. The van der Waals surface area contributed by atoms with Gasteiger partial charge in [-0.05, 0) is 49.9 Å². The molecule has 1 aromatic carbocycles. The molecular weight excluding hydrogens is 310 g/mol. The highest BCUT2D eigenvalue weighted by atomic mass is 16.1. The summed E-state index contributed by atoms with van der Waals surface area (Å²) in [6.07, 6.45) is 7.13. The minimum atomic E-state index is 0.235. The van der Waals surface area contributed by atoms with Gasteiger partial charge in [0.1, 0.15) is 0 Å². The number of aryl methyl sites for hydroxylation is 1. The molecule has 0 radical (unpaired) electrons. The third-order valence-electron chi connectivity index (χ3n) is 5.68. The number of hydrogen-bond acceptors (Lipinski definition) is 3. The standard InChI is InChI=1S/C21H33N3O/c1-3-4-5-9-21(25)22-18-11-10-17-7-6-8-20(19(17)16-18)24-14-12-23(2)13-15-24/h6-8,18H,3-5,9-16H2,1-2H3,(H,22,25). The molecule has 1 fully saturated rings. The number of fused-ring (bicyclic) bond motifs is 1. The summed E-state index contributed by atoms with van der Waals surface area (Å²) in [6, 6.07) is 7.05. The first-order chi connectivity index (χ1) is 12.2. The number of likely N-dealkylation sites (N-methyl/N-ethyl adjacent to an activating group) is 1. The Morgan fingerprint density at radius 3 is 2.76 bits per heavy atom. The fourth-order valence-corrected chi connectivity index (χ4v) is 4.07. The number of anilines is 1. The van der Waals surface area contributed by atoms with Crippen molar-refractivity contribution >= 4 is 11.6 Å². The summed E-state index contributed by atoms with van der Waals surface area (Å²) in [6.45, 7) is 6.63. The van der Waals surface area contributed by atoms with E-state index in [9.17, 15) is 4.79 Å². The minimum absolute atomic E-state index is 0.235. The van der Waals surface area contributed by atoms with Gasteiger partial charge in [-0.2, -0.15) is 0 Å². The predicted octanol–water partition coefficient (Wildman–Crippen LogP) is 2.99. The second-order valence-corrected chi connectivity index (χ2v) is 7.67. The van der Waals surface area contributed by atoms with E-state index in [4.69, 9.17) is 0 Å². The third kappa shape index (κ3) is 4.75. The molecule has 4 nitrogen and oxygen atoms in total. The molecule has 1 aliphatic carbocycles. The Hall–Kier alpha value is -1.55. The second-order valence-electron chi connectivity index (χ2n) is 7.67. The molecule has 0 aromatic heterocycles. The van der Waals surface area contributed by atoms with Crippen LogP contribution in [0.1, 0.15) is 50.2 Å². The Balaban J connectivity index is 1.64. The quantitative estimate of drug-likeness (QED) is 0.807. The number of hydrogen-bond donors (Lipinski definition) is 1. The van der Waals surface area contributed by atoms with Crippen molar-refractivity contribution in [2.45, 2.75) is 57.9 Å². The van der Waals surface area contributed by atoms with Crippen molar-refractivity contribution < 1.29 is 4.79 Å². The Bertz CT molecular complexity index is 579. The molecule has 1 aliphatic heterocycles. The lowest BCUT2D eigenvalue weighted by Gasteiger charge is -2.37. The molecule has 3 rings (SSSR count). The number of unbranched alkanes of at least 4 members (excludes halogenated alkanes) is 2. The molecule has 0 saturated carbocycles. The van der Waals surface area contributed by atoms with Crippen molar-refractivity contribution in [2.75, 3.05) is 38.1 Å². The molecule has 0 spiro atoms. The molecule has 25 heavy (non-hydrogen) atoms. The van der Waals surface area contributed by atoms with Crippen LogP contribution in [-0.4, -0.2) is 50.1 Å². The lowest BCUT2D eigenvalue weighted by atomic mass is 9.86. The van der Waals surface area contributed by atoms with Crippen LogP contribution >= 0.6 is 0 Å². The van der Waals surface area contributed by atoms with Gasteiger partial charge in [0.15, 0.2) is 0 Å². The van der Waals surface area contributed by atoms with Gasteiger partial charge >= 0.3 is 0 Å². The molecule has 1 atom stereocenters. The molecule has 138 valence electrons. The first-order valence-corrected chi connectivity index (χ1v) is 10.0. The molecule has 1 unspecified atom stereocenters. The summed E-state index contributed by atoms with van der Waals surface area (Å²) in [5, 5.41) is 3.29. The van der Waals surface area contributed by atoms with E-state index in [1.165, 1.54) is 23.2 Å². The first kappa shape index (κ1) is 18.2. The predicted molar refractivity (Wildman–Crippen MR) is 104 cm³/mol. The minimum Gasteiger partial charge on any atom is -0.369 e. The normalized spacial score (nSPS) is 21.0. The zero-order valence-corrected chi connectivity index (χ0v) is 15.9. The van der Waals surface area contributed by atoms with E-state index in [1.54, 1.807) is 0 Å². The average molecular weight is 344 g/mol. The number of carbonyl (C=O) groups is 1. The molecule has 0 bridgehead atoms. The van der Waals surface area contributed by atoms with Crippen LogP contribution in [-0.2, 0) is 17.6 Å². The van der Waals surface area contributed by atoms with Gasteiger partial charge in [0.2, 0.25) is 5.91 Å². The van der Waals surface area contributed by atoms with Gasteiger partial charge in [0.05, 0.1) is 0 Å². The fraction of sp³-hybridized carbons (Fsp3) is 0.667. The van der Waals surface area contributed by atoms with Crippen molar-refractivity contribution in [1.29, 1.82) is 0 Å². The maximum atomic E-state index is 12.2. The van der Waals surface area contributed by atoms with E-state index in [2.05, 4.69) is 47.3 Å². The molecule has 1 saturated heterocycles. The van der Waals surface area contributed by atoms with Gasteiger partial charge in [0.25, 0.3) is 0 Å². The van der Waals surface area contributed by atoms with Crippen molar-refractivity contribution in [3.8, 4) is 0 Å². The number of rotatable bonds is 6. The van der Waals surface area contributed by atoms with E-state index in [0.29, 0.717) is 12.5 Å². The summed E-state index contributed by atoms with van der Waals surface area (Å²) in [7, 11) is 2.20. The number of amides is 1. The van der Waals surface area contributed by atoms with E-state index in [-0.39, 0.29) is 5.91 Å². The molecule has 1 heterocycles. The lowest BCUT2D eigenvalue weighted by molar-refractivity contribution is -0.122. The first-order valence-electron chi connectivity index (χ1n) is 10.0. The van der Waals surface area contributed by atoms with Crippen molar-refractivity contribution in [3.05, 3.63) is 29.3 Å². The van der Waals surface area contributed by atoms with E-state index in [1.807, 2.05) is 0 Å². The largest absolute Gasteiger partial charge is 0.369 e. The number of benzene rings is 1. The fourth-order valence-electron chi connectivity index (χ4n) is 4.07. The van der Waals surface area contributed by atoms with Crippen LogP contribution in [0.5, 0.6) is 0 Å². The van der Waals surface area contributed by atoms with Gasteiger partial charge in [-0.15, -0.1) is 0 Å². The van der Waals surface area contributed by atoms with E-state index < -0.39 is 0 Å². The number of nitrogens with one attached hydrogen (secondary N) is 1.